The standard InChI is InChI=1S/C20H25N3/c1-2-22-12-9-18(10-13-22)23-14-8-16-6-7-17(15-20(16)23)19-5-3-4-11-21-19/h3-7,11,15,18H,2,8-10,12-14H2,1H3. The van der Waals surface area contributed by atoms with E-state index in [4.69, 9.17) is 0 Å². The zero-order valence-corrected chi connectivity index (χ0v) is 13.9. The molecule has 0 saturated carbocycles. The third-order valence-corrected chi connectivity index (χ3v) is 5.42. The first-order valence-electron chi connectivity index (χ1n) is 8.88. The first kappa shape index (κ1) is 14.7. The topological polar surface area (TPSA) is 19.4 Å². The molecule has 3 heterocycles. The van der Waals surface area contributed by atoms with Crippen LogP contribution in [0.3, 0.4) is 0 Å². The molecule has 0 spiro atoms. The number of piperidine rings is 1. The quantitative estimate of drug-likeness (QED) is 0.864. The van der Waals surface area contributed by atoms with Crippen LogP contribution in [0.2, 0.25) is 0 Å². The number of pyridine rings is 1. The Morgan fingerprint density at radius 3 is 2.70 bits per heavy atom. The Hall–Kier alpha value is -1.87. The molecule has 3 nitrogen and oxygen atoms in total. The normalized spacial score (nSPS) is 19.1. The molecule has 120 valence electrons. The number of rotatable bonds is 3. The van der Waals surface area contributed by atoms with Crippen molar-refractivity contribution in [3.8, 4) is 11.3 Å². The monoisotopic (exact) mass is 307 g/mol. The van der Waals surface area contributed by atoms with Gasteiger partial charge in [0, 0.05) is 43.1 Å². The molecular weight excluding hydrogens is 282 g/mol. The van der Waals surface area contributed by atoms with E-state index in [2.05, 4.69) is 52.0 Å². The van der Waals surface area contributed by atoms with Gasteiger partial charge in [0.05, 0.1) is 5.69 Å². The zero-order chi connectivity index (χ0) is 15.6. The fourth-order valence-electron chi connectivity index (χ4n) is 4.02. The molecule has 2 aliphatic heterocycles. The third kappa shape index (κ3) is 2.86. The maximum Gasteiger partial charge on any atom is 0.0702 e. The molecule has 3 heteroatoms. The van der Waals surface area contributed by atoms with Crippen molar-refractivity contribution in [2.75, 3.05) is 31.1 Å². The van der Waals surface area contributed by atoms with E-state index in [0.29, 0.717) is 6.04 Å². The lowest BCUT2D eigenvalue weighted by atomic mass is 10.0. The molecule has 2 aromatic rings. The Labute approximate surface area is 139 Å². The lowest BCUT2D eigenvalue weighted by Gasteiger charge is -2.37. The summed E-state index contributed by atoms with van der Waals surface area (Å²) in [6, 6.07) is 13.7. The highest BCUT2D eigenvalue weighted by molar-refractivity contribution is 5.70. The van der Waals surface area contributed by atoms with Crippen LogP contribution < -0.4 is 4.90 Å². The Balaban J connectivity index is 1.58. The molecule has 4 rings (SSSR count). The van der Waals surface area contributed by atoms with Gasteiger partial charge in [-0.05, 0) is 49.6 Å². The van der Waals surface area contributed by atoms with Crippen molar-refractivity contribution in [1.29, 1.82) is 0 Å². The van der Waals surface area contributed by atoms with E-state index in [1.165, 1.54) is 62.3 Å². The first-order chi connectivity index (χ1) is 11.3. The first-order valence-corrected chi connectivity index (χ1v) is 8.88. The van der Waals surface area contributed by atoms with Crippen molar-refractivity contribution in [1.82, 2.24) is 9.88 Å². The molecule has 0 aliphatic carbocycles. The van der Waals surface area contributed by atoms with E-state index >= 15 is 0 Å². The predicted octanol–water partition coefficient (Wildman–Crippen LogP) is 3.60. The molecule has 0 unspecified atom stereocenters. The van der Waals surface area contributed by atoms with E-state index < -0.39 is 0 Å². The SMILES string of the molecule is CCN1CCC(N2CCc3ccc(-c4ccccn4)cc32)CC1. The third-order valence-electron chi connectivity index (χ3n) is 5.42. The number of hydrogen-bond acceptors (Lipinski definition) is 3. The second kappa shape index (κ2) is 6.32. The summed E-state index contributed by atoms with van der Waals surface area (Å²) in [5.41, 5.74) is 5.26. The van der Waals surface area contributed by atoms with Gasteiger partial charge in [0.15, 0.2) is 0 Å². The second-order valence-electron chi connectivity index (χ2n) is 6.67. The van der Waals surface area contributed by atoms with Crippen molar-refractivity contribution < 1.29 is 0 Å². The molecule has 0 bridgehead atoms. The van der Waals surface area contributed by atoms with Gasteiger partial charge in [-0.1, -0.05) is 25.1 Å². The lowest BCUT2D eigenvalue weighted by Crippen LogP contribution is -2.44. The summed E-state index contributed by atoms with van der Waals surface area (Å²) in [6.07, 6.45) is 5.65. The highest BCUT2D eigenvalue weighted by Gasteiger charge is 2.29. The van der Waals surface area contributed by atoms with Gasteiger partial charge < -0.3 is 9.80 Å². The lowest BCUT2D eigenvalue weighted by molar-refractivity contribution is 0.219. The highest BCUT2D eigenvalue weighted by atomic mass is 15.2. The average molecular weight is 307 g/mol. The fraction of sp³-hybridized carbons (Fsp3) is 0.450. The minimum atomic E-state index is 0.707. The molecular formula is C20H25N3. The Kier molecular flexibility index (Phi) is 4.04. The largest absolute Gasteiger partial charge is 0.368 e. The molecule has 23 heavy (non-hydrogen) atoms. The van der Waals surface area contributed by atoms with E-state index in [1.807, 2.05) is 12.3 Å². The summed E-state index contributed by atoms with van der Waals surface area (Å²) in [7, 11) is 0. The van der Waals surface area contributed by atoms with Crippen LogP contribution >= 0.6 is 0 Å². The van der Waals surface area contributed by atoms with Gasteiger partial charge in [-0.3, -0.25) is 4.98 Å². The van der Waals surface area contributed by atoms with Crippen molar-refractivity contribution in [3.05, 3.63) is 48.2 Å². The summed E-state index contributed by atoms with van der Waals surface area (Å²) < 4.78 is 0. The molecule has 0 radical (unpaired) electrons. The molecule has 1 aromatic heterocycles. The van der Waals surface area contributed by atoms with Gasteiger partial charge in [-0.15, -0.1) is 0 Å². The van der Waals surface area contributed by atoms with Crippen LogP contribution in [-0.4, -0.2) is 42.1 Å². The minimum Gasteiger partial charge on any atom is -0.368 e. The molecule has 1 saturated heterocycles. The summed E-state index contributed by atoms with van der Waals surface area (Å²) in [6.45, 7) is 7.12. The van der Waals surface area contributed by atoms with Gasteiger partial charge >= 0.3 is 0 Å². The van der Waals surface area contributed by atoms with Crippen LogP contribution in [-0.2, 0) is 6.42 Å². The Morgan fingerprint density at radius 1 is 1.09 bits per heavy atom. The second-order valence-corrected chi connectivity index (χ2v) is 6.67. The van der Waals surface area contributed by atoms with Crippen molar-refractivity contribution >= 4 is 5.69 Å². The molecule has 0 atom stereocenters. The van der Waals surface area contributed by atoms with Gasteiger partial charge in [0.1, 0.15) is 0 Å². The van der Waals surface area contributed by atoms with E-state index in [9.17, 15) is 0 Å². The van der Waals surface area contributed by atoms with Crippen LogP contribution in [0.5, 0.6) is 0 Å². The van der Waals surface area contributed by atoms with E-state index in [-0.39, 0.29) is 0 Å². The summed E-state index contributed by atoms with van der Waals surface area (Å²) in [5.74, 6) is 0. The number of fused-ring (bicyclic) bond motifs is 1. The van der Waals surface area contributed by atoms with Crippen LogP contribution in [0.1, 0.15) is 25.3 Å². The summed E-state index contributed by atoms with van der Waals surface area (Å²) in [5, 5.41) is 0. The van der Waals surface area contributed by atoms with Crippen molar-refractivity contribution in [2.24, 2.45) is 0 Å². The van der Waals surface area contributed by atoms with Gasteiger partial charge in [0.2, 0.25) is 0 Å². The molecule has 1 fully saturated rings. The average Bonchev–Trinajstić information content (AvgIpc) is 3.05. The predicted molar refractivity (Wildman–Crippen MR) is 95.9 cm³/mol. The molecule has 2 aliphatic rings. The number of hydrogen-bond donors (Lipinski definition) is 0. The van der Waals surface area contributed by atoms with Crippen LogP contribution in [0, 0.1) is 0 Å². The number of aromatic nitrogens is 1. The number of likely N-dealkylation sites (tertiary alicyclic amines) is 1. The van der Waals surface area contributed by atoms with E-state index in [0.717, 1.165) is 5.69 Å². The van der Waals surface area contributed by atoms with Crippen LogP contribution in [0.4, 0.5) is 5.69 Å². The maximum atomic E-state index is 4.51. The number of benzene rings is 1. The minimum absolute atomic E-state index is 0.707. The Bertz CT molecular complexity index is 660. The van der Waals surface area contributed by atoms with E-state index in [1.54, 1.807) is 0 Å². The fourth-order valence-corrected chi connectivity index (χ4v) is 4.02. The Morgan fingerprint density at radius 2 is 1.96 bits per heavy atom. The van der Waals surface area contributed by atoms with Crippen molar-refractivity contribution in [3.63, 3.8) is 0 Å². The zero-order valence-electron chi connectivity index (χ0n) is 13.9. The molecule has 0 amide bonds. The van der Waals surface area contributed by atoms with Gasteiger partial charge in [0.25, 0.3) is 0 Å². The molecule has 1 aromatic carbocycles. The number of nitrogens with zero attached hydrogens (tertiary/aromatic N) is 3. The molecule has 0 N–H and O–H groups in total. The van der Waals surface area contributed by atoms with Crippen LogP contribution in [0.25, 0.3) is 11.3 Å². The smallest absolute Gasteiger partial charge is 0.0702 e. The summed E-state index contributed by atoms with van der Waals surface area (Å²) in [4.78, 5) is 9.74. The maximum absolute atomic E-state index is 4.51. The van der Waals surface area contributed by atoms with Gasteiger partial charge in [-0.25, -0.2) is 0 Å². The van der Waals surface area contributed by atoms with Crippen LogP contribution in [0.15, 0.2) is 42.6 Å². The van der Waals surface area contributed by atoms with Gasteiger partial charge in [-0.2, -0.15) is 0 Å². The highest BCUT2D eigenvalue weighted by Crippen LogP contribution is 2.35. The number of anilines is 1. The summed E-state index contributed by atoms with van der Waals surface area (Å²) >= 11 is 0. The van der Waals surface area contributed by atoms with Crippen molar-refractivity contribution in [2.45, 2.75) is 32.2 Å².